The highest BCUT2D eigenvalue weighted by Gasteiger charge is 2.22. The number of carbonyl (C=O) groups excluding carboxylic acids is 1. The second-order valence-electron chi connectivity index (χ2n) is 4.43. The first-order chi connectivity index (χ1) is 8.49. The molecule has 0 aromatic carbocycles. The molecule has 2 amide bonds. The van der Waals surface area contributed by atoms with Gasteiger partial charge in [-0.1, -0.05) is 13.8 Å². The number of carbonyl (C=O) groups is 1. The number of urea groups is 1. The van der Waals surface area contributed by atoms with Gasteiger partial charge in [0.25, 0.3) is 0 Å². The van der Waals surface area contributed by atoms with E-state index < -0.39 is 5.60 Å². The van der Waals surface area contributed by atoms with Gasteiger partial charge >= 0.3 is 6.03 Å². The summed E-state index contributed by atoms with van der Waals surface area (Å²) >= 11 is 0. The van der Waals surface area contributed by atoms with Gasteiger partial charge in [0.1, 0.15) is 0 Å². The summed E-state index contributed by atoms with van der Waals surface area (Å²) in [6.45, 7) is 5.90. The van der Waals surface area contributed by atoms with Gasteiger partial charge < -0.3 is 15.7 Å². The minimum Gasteiger partial charge on any atom is -0.388 e. The van der Waals surface area contributed by atoms with E-state index in [0.29, 0.717) is 18.5 Å². The Hall–Kier alpha value is -1.62. The highest BCUT2D eigenvalue weighted by molar-refractivity contribution is 5.89. The van der Waals surface area contributed by atoms with Crippen molar-refractivity contribution < 1.29 is 9.90 Å². The number of nitrogens with zero attached hydrogens (tertiary/aromatic N) is 1. The largest absolute Gasteiger partial charge is 0.388 e. The lowest BCUT2D eigenvalue weighted by Crippen LogP contribution is -2.43. The lowest BCUT2D eigenvalue weighted by Gasteiger charge is -2.25. The molecule has 0 saturated carbocycles. The predicted molar refractivity (Wildman–Crippen MR) is 71.5 cm³/mol. The number of pyridine rings is 1. The number of hydrogen-bond donors (Lipinski definition) is 3. The van der Waals surface area contributed by atoms with Crippen LogP contribution in [0.1, 0.15) is 32.4 Å². The average molecular weight is 251 g/mol. The van der Waals surface area contributed by atoms with Crippen molar-refractivity contribution in [1.82, 2.24) is 10.3 Å². The lowest BCUT2D eigenvalue weighted by molar-refractivity contribution is 0.0354. The van der Waals surface area contributed by atoms with Crippen molar-refractivity contribution in [3.63, 3.8) is 0 Å². The minimum absolute atomic E-state index is 0.246. The van der Waals surface area contributed by atoms with Crippen LogP contribution in [0.5, 0.6) is 0 Å². The topological polar surface area (TPSA) is 74.2 Å². The zero-order valence-corrected chi connectivity index (χ0v) is 11.2. The summed E-state index contributed by atoms with van der Waals surface area (Å²) < 4.78 is 0. The average Bonchev–Trinajstić information content (AvgIpc) is 2.36. The van der Waals surface area contributed by atoms with Gasteiger partial charge in [0.05, 0.1) is 5.60 Å². The van der Waals surface area contributed by atoms with Crippen molar-refractivity contribution in [2.24, 2.45) is 0 Å². The Morgan fingerprint density at radius 2 is 2.11 bits per heavy atom. The van der Waals surface area contributed by atoms with E-state index in [1.54, 1.807) is 18.3 Å². The Morgan fingerprint density at radius 3 is 2.67 bits per heavy atom. The smallest absolute Gasteiger partial charge is 0.319 e. The maximum atomic E-state index is 11.6. The summed E-state index contributed by atoms with van der Waals surface area (Å²) in [5, 5.41) is 15.4. The first-order valence-electron chi connectivity index (χ1n) is 6.19. The van der Waals surface area contributed by atoms with E-state index in [9.17, 15) is 9.90 Å². The number of aromatic nitrogens is 1. The molecule has 0 aliphatic rings. The normalized spacial score (nSPS) is 11.1. The summed E-state index contributed by atoms with van der Waals surface area (Å²) in [5.41, 5.74) is 0.703. The van der Waals surface area contributed by atoms with E-state index >= 15 is 0 Å². The fourth-order valence-electron chi connectivity index (χ4n) is 1.54. The highest BCUT2D eigenvalue weighted by atomic mass is 16.3. The summed E-state index contributed by atoms with van der Waals surface area (Å²) in [7, 11) is 0. The van der Waals surface area contributed by atoms with Crippen molar-refractivity contribution in [2.45, 2.75) is 39.2 Å². The van der Waals surface area contributed by atoms with Crippen LogP contribution in [0.3, 0.4) is 0 Å². The molecule has 1 rings (SSSR count). The van der Waals surface area contributed by atoms with Crippen LogP contribution in [0, 0.1) is 6.92 Å². The maximum Gasteiger partial charge on any atom is 0.319 e. The van der Waals surface area contributed by atoms with Crippen LogP contribution in [0.15, 0.2) is 18.3 Å². The molecule has 0 radical (unpaired) electrons. The second kappa shape index (κ2) is 6.35. The number of amides is 2. The molecular weight excluding hydrogens is 230 g/mol. The van der Waals surface area contributed by atoms with Crippen molar-refractivity contribution in [1.29, 1.82) is 0 Å². The third-order valence-corrected chi connectivity index (χ3v) is 3.05. The molecule has 0 atom stereocenters. The van der Waals surface area contributed by atoms with Crippen LogP contribution in [-0.2, 0) is 0 Å². The third-order valence-electron chi connectivity index (χ3n) is 3.05. The van der Waals surface area contributed by atoms with Crippen LogP contribution >= 0.6 is 0 Å². The fraction of sp³-hybridized carbons (Fsp3) is 0.538. The highest BCUT2D eigenvalue weighted by Crippen LogP contribution is 2.13. The molecule has 3 N–H and O–H groups in total. The Labute approximate surface area is 108 Å². The Bertz CT molecular complexity index is 403. The van der Waals surface area contributed by atoms with Crippen LogP contribution in [-0.4, -0.2) is 28.3 Å². The molecule has 5 nitrogen and oxygen atoms in total. The van der Waals surface area contributed by atoms with Crippen molar-refractivity contribution in [2.75, 3.05) is 11.9 Å². The maximum absolute atomic E-state index is 11.6. The van der Waals surface area contributed by atoms with Gasteiger partial charge in [-0.25, -0.2) is 4.79 Å². The zero-order valence-electron chi connectivity index (χ0n) is 11.2. The molecule has 5 heteroatoms. The number of rotatable bonds is 5. The van der Waals surface area contributed by atoms with E-state index in [-0.39, 0.29) is 12.6 Å². The van der Waals surface area contributed by atoms with E-state index in [4.69, 9.17) is 0 Å². The van der Waals surface area contributed by atoms with Gasteiger partial charge in [-0.3, -0.25) is 4.98 Å². The molecule has 0 fully saturated rings. The standard InChI is InChI=1S/C13H21N3O2/c1-4-13(18,5-2)9-15-12(17)16-11-6-7-14-10(3)8-11/h6-8,18H,4-5,9H2,1-3H3,(H2,14,15,16,17). The van der Waals surface area contributed by atoms with Crippen molar-refractivity contribution in [3.8, 4) is 0 Å². The summed E-state index contributed by atoms with van der Waals surface area (Å²) in [4.78, 5) is 15.7. The van der Waals surface area contributed by atoms with E-state index in [1.807, 2.05) is 20.8 Å². The van der Waals surface area contributed by atoms with Crippen LogP contribution in [0.4, 0.5) is 10.5 Å². The second-order valence-corrected chi connectivity index (χ2v) is 4.43. The molecule has 1 aromatic heterocycles. The summed E-state index contributed by atoms with van der Waals surface area (Å²) in [5.74, 6) is 0. The van der Waals surface area contributed by atoms with Gasteiger partial charge in [-0.2, -0.15) is 0 Å². The van der Waals surface area contributed by atoms with Gasteiger partial charge in [0, 0.05) is 24.1 Å². The predicted octanol–water partition coefficient (Wildman–Crippen LogP) is 2.06. The minimum atomic E-state index is -0.828. The first kappa shape index (κ1) is 14.4. The molecule has 0 aliphatic carbocycles. The molecular formula is C13H21N3O2. The third kappa shape index (κ3) is 4.33. The SMILES string of the molecule is CCC(O)(CC)CNC(=O)Nc1ccnc(C)c1. The quantitative estimate of drug-likeness (QED) is 0.750. The van der Waals surface area contributed by atoms with Gasteiger partial charge in [-0.05, 0) is 31.9 Å². The van der Waals surface area contributed by atoms with Crippen LogP contribution in [0.25, 0.3) is 0 Å². The molecule has 18 heavy (non-hydrogen) atoms. The molecule has 0 aliphatic heterocycles. The summed E-state index contributed by atoms with van der Waals surface area (Å²) in [6, 6.07) is 3.19. The van der Waals surface area contributed by atoms with Gasteiger partial charge in [0.2, 0.25) is 0 Å². The molecule has 0 unspecified atom stereocenters. The van der Waals surface area contributed by atoms with Crippen LogP contribution < -0.4 is 10.6 Å². The number of hydrogen-bond acceptors (Lipinski definition) is 3. The summed E-state index contributed by atoms with van der Waals surface area (Å²) in [6.07, 6.45) is 2.86. The molecule has 0 spiro atoms. The molecule has 1 aromatic rings. The van der Waals surface area contributed by atoms with E-state index in [0.717, 1.165) is 5.69 Å². The molecule has 100 valence electrons. The lowest BCUT2D eigenvalue weighted by atomic mass is 9.98. The van der Waals surface area contributed by atoms with Crippen LogP contribution in [0.2, 0.25) is 0 Å². The monoisotopic (exact) mass is 251 g/mol. The fourth-order valence-corrected chi connectivity index (χ4v) is 1.54. The van der Waals surface area contributed by atoms with E-state index in [1.165, 1.54) is 0 Å². The first-order valence-corrected chi connectivity index (χ1v) is 6.19. The number of aryl methyl sites for hydroxylation is 1. The number of anilines is 1. The van der Waals surface area contributed by atoms with Gasteiger partial charge in [0.15, 0.2) is 0 Å². The molecule has 1 heterocycles. The Kier molecular flexibility index (Phi) is 5.09. The number of nitrogens with one attached hydrogen (secondary N) is 2. The van der Waals surface area contributed by atoms with Crippen molar-refractivity contribution >= 4 is 11.7 Å². The molecule has 0 saturated heterocycles. The Balaban J connectivity index is 2.47. The van der Waals surface area contributed by atoms with E-state index in [2.05, 4.69) is 15.6 Å². The Morgan fingerprint density at radius 1 is 1.44 bits per heavy atom. The van der Waals surface area contributed by atoms with Gasteiger partial charge in [-0.15, -0.1) is 0 Å². The zero-order chi connectivity index (χ0) is 13.6. The van der Waals surface area contributed by atoms with Crippen molar-refractivity contribution in [3.05, 3.63) is 24.0 Å². The number of aliphatic hydroxyl groups is 1. The molecule has 0 bridgehead atoms.